The minimum atomic E-state index is -3.57. The Hall–Kier alpha value is -0.980. The molecule has 0 amide bonds. The summed E-state index contributed by atoms with van der Waals surface area (Å²) in [6.45, 7) is 4.63. The normalized spacial score (nSPS) is 23.2. The number of hydrogen-bond acceptors (Lipinski definition) is 3. The summed E-state index contributed by atoms with van der Waals surface area (Å²) < 4.78 is 40.6. The average Bonchev–Trinajstić information content (AvgIpc) is 2.40. The van der Waals surface area contributed by atoms with Gasteiger partial charge in [0.15, 0.2) is 0 Å². The Bertz CT molecular complexity index is 581. The summed E-state index contributed by atoms with van der Waals surface area (Å²) in [6.07, 6.45) is 3.61. The lowest BCUT2D eigenvalue weighted by Crippen LogP contribution is -2.42. The van der Waals surface area contributed by atoms with Crippen molar-refractivity contribution in [2.24, 2.45) is 0 Å². The molecule has 6 heteroatoms. The van der Waals surface area contributed by atoms with E-state index in [4.69, 9.17) is 0 Å². The van der Waals surface area contributed by atoms with Gasteiger partial charge in [-0.1, -0.05) is 6.92 Å². The molecule has 0 bridgehead atoms. The van der Waals surface area contributed by atoms with Crippen molar-refractivity contribution in [2.45, 2.75) is 56.5 Å². The van der Waals surface area contributed by atoms with E-state index in [0.717, 1.165) is 32.2 Å². The largest absolute Gasteiger partial charge is 0.314 e. The van der Waals surface area contributed by atoms with Crippen LogP contribution in [0.4, 0.5) is 4.39 Å². The molecule has 0 radical (unpaired) electrons. The lowest BCUT2D eigenvalue weighted by molar-refractivity contribution is 0.333. The van der Waals surface area contributed by atoms with Gasteiger partial charge in [-0.05, 0) is 62.9 Å². The van der Waals surface area contributed by atoms with E-state index in [1.807, 2.05) is 0 Å². The van der Waals surface area contributed by atoms with Gasteiger partial charge in [0.25, 0.3) is 0 Å². The molecule has 0 atom stereocenters. The molecule has 1 aromatic carbocycles. The second kappa shape index (κ2) is 6.85. The Morgan fingerprint density at radius 2 is 1.81 bits per heavy atom. The molecule has 1 aliphatic carbocycles. The Morgan fingerprint density at radius 3 is 2.38 bits per heavy atom. The fourth-order valence-electron chi connectivity index (χ4n) is 2.90. The first-order valence-corrected chi connectivity index (χ1v) is 8.92. The van der Waals surface area contributed by atoms with Crippen LogP contribution in [0, 0.1) is 12.7 Å². The molecule has 0 spiro atoms. The predicted molar refractivity (Wildman–Crippen MR) is 81.2 cm³/mol. The predicted octanol–water partition coefficient (Wildman–Crippen LogP) is 2.33. The lowest BCUT2D eigenvalue weighted by Gasteiger charge is -2.29. The van der Waals surface area contributed by atoms with E-state index in [1.54, 1.807) is 6.92 Å². The van der Waals surface area contributed by atoms with Gasteiger partial charge in [-0.2, -0.15) is 0 Å². The molecule has 0 aliphatic heterocycles. The Kier molecular flexibility index (Phi) is 5.35. The molecule has 2 N–H and O–H groups in total. The molecule has 118 valence electrons. The zero-order chi connectivity index (χ0) is 15.5. The third-order valence-electron chi connectivity index (χ3n) is 3.97. The van der Waals surface area contributed by atoms with Crippen LogP contribution in [0.3, 0.4) is 0 Å². The van der Waals surface area contributed by atoms with Gasteiger partial charge in [0.05, 0.1) is 4.90 Å². The van der Waals surface area contributed by atoms with Crippen LogP contribution in [0.2, 0.25) is 0 Å². The summed E-state index contributed by atoms with van der Waals surface area (Å²) >= 11 is 0. The molecule has 1 fully saturated rings. The van der Waals surface area contributed by atoms with Crippen LogP contribution in [0.25, 0.3) is 0 Å². The first-order chi connectivity index (χ1) is 9.92. The fraction of sp³-hybridized carbons (Fsp3) is 0.600. The third kappa shape index (κ3) is 4.25. The van der Waals surface area contributed by atoms with Crippen LogP contribution in [-0.2, 0) is 10.0 Å². The molecule has 2 rings (SSSR count). The first kappa shape index (κ1) is 16.4. The molecule has 0 saturated heterocycles. The van der Waals surface area contributed by atoms with Crippen LogP contribution < -0.4 is 10.0 Å². The SMILES string of the molecule is CCNC1CCC(NS(=O)(=O)c2ccc(F)cc2C)CC1. The van der Waals surface area contributed by atoms with E-state index in [1.165, 1.54) is 18.2 Å². The summed E-state index contributed by atoms with van der Waals surface area (Å²) in [6, 6.07) is 4.22. The topological polar surface area (TPSA) is 58.2 Å². The van der Waals surface area contributed by atoms with E-state index in [0.29, 0.717) is 11.6 Å². The molecule has 1 saturated carbocycles. The average molecular weight is 314 g/mol. The van der Waals surface area contributed by atoms with Crippen molar-refractivity contribution in [3.63, 3.8) is 0 Å². The maximum absolute atomic E-state index is 13.1. The second-order valence-corrected chi connectivity index (χ2v) is 7.32. The van der Waals surface area contributed by atoms with Crippen molar-refractivity contribution >= 4 is 10.0 Å². The van der Waals surface area contributed by atoms with Crippen LogP contribution >= 0.6 is 0 Å². The van der Waals surface area contributed by atoms with Crippen LogP contribution in [0.1, 0.15) is 38.2 Å². The molecule has 0 unspecified atom stereocenters. The number of hydrogen-bond donors (Lipinski definition) is 2. The zero-order valence-electron chi connectivity index (χ0n) is 12.5. The highest BCUT2D eigenvalue weighted by atomic mass is 32.2. The quantitative estimate of drug-likeness (QED) is 0.877. The Balaban J connectivity index is 2.02. The summed E-state index contributed by atoms with van der Waals surface area (Å²) in [5.41, 5.74) is 0.434. The molecular weight excluding hydrogens is 291 g/mol. The number of benzene rings is 1. The van der Waals surface area contributed by atoms with Gasteiger partial charge in [0, 0.05) is 12.1 Å². The van der Waals surface area contributed by atoms with Gasteiger partial charge < -0.3 is 5.32 Å². The molecular formula is C15H23FN2O2S. The summed E-state index contributed by atoms with van der Waals surface area (Å²) in [5.74, 6) is -0.419. The summed E-state index contributed by atoms with van der Waals surface area (Å²) in [4.78, 5) is 0.165. The van der Waals surface area contributed by atoms with E-state index in [2.05, 4.69) is 17.0 Å². The van der Waals surface area contributed by atoms with E-state index in [-0.39, 0.29) is 10.9 Å². The molecule has 21 heavy (non-hydrogen) atoms. The monoisotopic (exact) mass is 314 g/mol. The molecule has 0 heterocycles. The summed E-state index contributed by atoms with van der Waals surface area (Å²) in [7, 11) is -3.57. The minimum Gasteiger partial charge on any atom is -0.314 e. The Morgan fingerprint density at radius 1 is 1.19 bits per heavy atom. The minimum absolute atomic E-state index is 0.0330. The second-order valence-electron chi connectivity index (χ2n) is 5.64. The van der Waals surface area contributed by atoms with Crippen molar-refractivity contribution in [2.75, 3.05) is 6.54 Å². The number of aryl methyl sites for hydroxylation is 1. The molecule has 4 nitrogen and oxygen atoms in total. The van der Waals surface area contributed by atoms with Gasteiger partial charge in [-0.15, -0.1) is 0 Å². The highest BCUT2D eigenvalue weighted by molar-refractivity contribution is 7.89. The number of nitrogens with one attached hydrogen (secondary N) is 2. The number of halogens is 1. The van der Waals surface area contributed by atoms with Crippen molar-refractivity contribution < 1.29 is 12.8 Å². The zero-order valence-corrected chi connectivity index (χ0v) is 13.3. The van der Waals surface area contributed by atoms with E-state index in [9.17, 15) is 12.8 Å². The standard InChI is InChI=1S/C15H23FN2O2S/c1-3-17-13-5-7-14(8-6-13)18-21(19,20)15-9-4-12(16)10-11(15)2/h4,9-10,13-14,17-18H,3,5-8H2,1-2H3. The summed E-state index contributed by atoms with van der Waals surface area (Å²) in [5, 5.41) is 3.40. The van der Waals surface area contributed by atoms with Crippen LogP contribution in [0.5, 0.6) is 0 Å². The van der Waals surface area contributed by atoms with Gasteiger partial charge >= 0.3 is 0 Å². The van der Waals surface area contributed by atoms with E-state index < -0.39 is 15.8 Å². The van der Waals surface area contributed by atoms with Gasteiger partial charge in [0.1, 0.15) is 5.82 Å². The Labute approximate surface area is 126 Å². The number of sulfonamides is 1. The molecule has 0 aromatic heterocycles. The van der Waals surface area contributed by atoms with Crippen molar-refractivity contribution in [1.29, 1.82) is 0 Å². The molecule has 1 aliphatic rings. The highest BCUT2D eigenvalue weighted by Crippen LogP contribution is 2.22. The number of rotatable bonds is 5. The highest BCUT2D eigenvalue weighted by Gasteiger charge is 2.26. The van der Waals surface area contributed by atoms with E-state index >= 15 is 0 Å². The van der Waals surface area contributed by atoms with Gasteiger partial charge in [0.2, 0.25) is 10.0 Å². The first-order valence-electron chi connectivity index (χ1n) is 7.44. The van der Waals surface area contributed by atoms with Crippen LogP contribution in [-0.4, -0.2) is 27.0 Å². The third-order valence-corrected chi connectivity index (χ3v) is 5.65. The fourth-order valence-corrected chi connectivity index (χ4v) is 4.43. The molecule has 1 aromatic rings. The maximum atomic E-state index is 13.1. The lowest BCUT2D eigenvalue weighted by atomic mass is 9.92. The maximum Gasteiger partial charge on any atom is 0.241 e. The van der Waals surface area contributed by atoms with Crippen molar-refractivity contribution in [3.8, 4) is 0 Å². The van der Waals surface area contributed by atoms with Crippen molar-refractivity contribution in [3.05, 3.63) is 29.6 Å². The smallest absolute Gasteiger partial charge is 0.241 e. The van der Waals surface area contributed by atoms with Gasteiger partial charge in [-0.25, -0.2) is 17.5 Å². The van der Waals surface area contributed by atoms with Crippen LogP contribution in [0.15, 0.2) is 23.1 Å². The van der Waals surface area contributed by atoms with Crippen molar-refractivity contribution in [1.82, 2.24) is 10.0 Å². The van der Waals surface area contributed by atoms with Gasteiger partial charge in [-0.3, -0.25) is 0 Å².